The maximum absolute atomic E-state index is 14.8. The van der Waals surface area contributed by atoms with Gasteiger partial charge < -0.3 is 20.6 Å². The van der Waals surface area contributed by atoms with Gasteiger partial charge >= 0.3 is 11.4 Å². The van der Waals surface area contributed by atoms with Crippen LogP contribution in [0.1, 0.15) is 12.6 Å². The van der Waals surface area contributed by atoms with E-state index < -0.39 is 5.82 Å². The average molecular weight is 416 g/mol. The van der Waals surface area contributed by atoms with Crippen molar-refractivity contribution in [2.75, 3.05) is 24.5 Å². The third kappa shape index (κ3) is 3.50. The summed E-state index contributed by atoms with van der Waals surface area (Å²) in [4.78, 5) is 1.85. The van der Waals surface area contributed by atoms with E-state index in [9.17, 15) is 20.1 Å². The largest absolute Gasteiger partial charge is 0.617 e. The number of rotatable bonds is 2. The molecule has 0 saturated carbocycles. The van der Waals surface area contributed by atoms with E-state index in [-0.39, 0.29) is 46.6 Å². The highest BCUT2D eigenvalue weighted by Gasteiger charge is 2.32. The lowest BCUT2D eigenvalue weighted by molar-refractivity contribution is -0.622. The highest BCUT2D eigenvalue weighted by atomic mass is 35.5. The van der Waals surface area contributed by atoms with Crippen molar-refractivity contribution in [1.82, 2.24) is 5.32 Å². The number of hydrogen-bond acceptors (Lipinski definition) is 5. The zero-order valence-electron chi connectivity index (χ0n) is 15.6. The normalized spacial score (nSPS) is 16.3. The Morgan fingerprint density at radius 3 is 2.52 bits per heavy atom. The molecule has 150 valence electrons. The van der Waals surface area contributed by atoms with Crippen LogP contribution in [-0.4, -0.2) is 25.7 Å². The summed E-state index contributed by atoms with van der Waals surface area (Å²) in [6.07, 6.45) is 0. The summed E-state index contributed by atoms with van der Waals surface area (Å²) in [5.74, 6) is -0.595. The first-order chi connectivity index (χ1) is 13.5. The van der Waals surface area contributed by atoms with Gasteiger partial charge in [-0.15, -0.1) is 17.1 Å². The Balaban J connectivity index is 0.00000240. The Bertz CT molecular complexity index is 1100. The predicted molar refractivity (Wildman–Crippen MR) is 109 cm³/mol. The van der Waals surface area contributed by atoms with Gasteiger partial charge in [0.1, 0.15) is 0 Å². The molecule has 7 nitrogen and oxygen atoms in total. The number of piperazine rings is 1. The zero-order chi connectivity index (χ0) is 19.8. The molecule has 4 rings (SSSR count). The molecule has 1 aliphatic rings. The lowest BCUT2D eigenvalue weighted by Gasteiger charge is -2.33. The summed E-state index contributed by atoms with van der Waals surface area (Å²) >= 11 is 0. The van der Waals surface area contributed by atoms with Gasteiger partial charge in [-0.3, -0.25) is 0 Å². The van der Waals surface area contributed by atoms with E-state index in [0.717, 1.165) is 6.07 Å². The van der Waals surface area contributed by atoms with Crippen LogP contribution in [-0.2, 0) is 0 Å². The molecule has 3 aromatic rings. The minimum absolute atomic E-state index is 0. The molecule has 0 bridgehead atoms. The minimum Gasteiger partial charge on any atom is -0.617 e. The number of nitriles is 1. The molecule has 2 heterocycles. The Kier molecular flexibility index (Phi) is 5.73. The van der Waals surface area contributed by atoms with Crippen molar-refractivity contribution < 1.29 is 13.9 Å². The van der Waals surface area contributed by atoms with E-state index in [1.54, 1.807) is 36.4 Å². The summed E-state index contributed by atoms with van der Waals surface area (Å²) in [6.45, 7) is 3.86. The lowest BCUT2D eigenvalue weighted by atomic mass is 10.1. The van der Waals surface area contributed by atoms with Gasteiger partial charge in [0.15, 0.2) is 11.9 Å². The molecule has 1 aromatic heterocycles. The second-order valence-corrected chi connectivity index (χ2v) is 6.86. The van der Waals surface area contributed by atoms with Crippen LogP contribution in [0, 0.1) is 27.6 Å². The topological polar surface area (TPSA) is 92.9 Å². The molecule has 29 heavy (non-hydrogen) atoms. The Morgan fingerprint density at radius 1 is 1.17 bits per heavy atom. The number of fused-ring (bicyclic) bond motifs is 1. The molecular formula is C20H19ClFN5O2. The van der Waals surface area contributed by atoms with Gasteiger partial charge in [0.25, 0.3) is 11.0 Å². The molecule has 0 aliphatic carbocycles. The Morgan fingerprint density at radius 2 is 1.86 bits per heavy atom. The van der Waals surface area contributed by atoms with Crippen LogP contribution in [0.4, 0.5) is 10.1 Å². The first-order valence-corrected chi connectivity index (χ1v) is 8.97. The van der Waals surface area contributed by atoms with Crippen molar-refractivity contribution in [2.24, 2.45) is 0 Å². The number of aromatic nitrogens is 2. The number of nitrogens with one attached hydrogen (secondary N) is 1. The third-order valence-electron chi connectivity index (χ3n) is 4.97. The molecular weight excluding hydrogens is 397 g/mol. The second-order valence-electron chi connectivity index (χ2n) is 6.86. The molecule has 1 aliphatic heterocycles. The summed E-state index contributed by atoms with van der Waals surface area (Å²) in [6, 6.07) is 12.9. The van der Waals surface area contributed by atoms with Gasteiger partial charge in [-0.2, -0.15) is 9.99 Å². The number of hydrogen-bond donors (Lipinski definition) is 1. The van der Waals surface area contributed by atoms with Crippen LogP contribution in [0.2, 0.25) is 0 Å². The fraction of sp³-hybridized carbons (Fsp3) is 0.250. The fourth-order valence-electron chi connectivity index (χ4n) is 3.64. The number of nitrogens with zero attached hydrogens (tertiary/aromatic N) is 4. The van der Waals surface area contributed by atoms with Gasteiger partial charge in [-0.1, -0.05) is 18.2 Å². The van der Waals surface area contributed by atoms with E-state index in [1.807, 2.05) is 11.8 Å². The molecule has 1 fully saturated rings. The predicted octanol–water partition coefficient (Wildman–Crippen LogP) is 2.00. The van der Waals surface area contributed by atoms with Crippen molar-refractivity contribution in [2.45, 2.75) is 13.0 Å². The summed E-state index contributed by atoms with van der Waals surface area (Å²) in [5.41, 5.74) is 0.163. The van der Waals surface area contributed by atoms with Crippen LogP contribution in [0.25, 0.3) is 22.3 Å². The first kappa shape index (κ1) is 20.6. The quantitative estimate of drug-likeness (QED) is 0.510. The summed E-state index contributed by atoms with van der Waals surface area (Å²) in [5, 5.41) is 38.6. The van der Waals surface area contributed by atoms with Gasteiger partial charge in [-0.25, -0.2) is 4.39 Å². The van der Waals surface area contributed by atoms with Crippen LogP contribution in [0.3, 0.4) is 0 Å². The maximum Gasteiger partial charge on any atom is 0.369 e. The highest BCUT2D eigenvalue weighted by Crippen LogP contribution is 2.26. The maximum atomic E-state index is 14.8. The smallest absolute Gasteiger partial charge is 0.369 e. The molecule has 1 unspecified atom stereocenters. The van der Waals surface area contributed by atoms with E-state index in [1.165, 1.54) is 6.07 Å². The van der Waals surface area contributed by atoms with Gasteiger partial charge in [0.2, 0.25) is 0 Å². The molecule has 2 aromatic carbocycles. The van der Waals surface area contributed by atoms with E-state index in [2.05, 4.69) is 5.32 Å². The molecule has 1 saturated heterocycles. The van der Waals surface area contributed by atoms with Crippen molar-refractivity contribution in [3.05, 3.63) is 64.4 Å². The third-order valence-corrected chi connectivity index (χ3v) is 4.97. The Hall–Kier alpha value is -3.15. The molecule has 1 N–H and O–H groups in total. The fourth-order valence-corrected chi connectivity index (χ4v) is 3.64. The zero-order valence-corrected chi connectivity index (χ0v) is 16.4. The monoisotopic (exact) mass is 415 g/mol. The van der Waals surface area contributed by atoms with E-state index in [0.29, 0.717) is 34.7 Å². The molecule has 9 heteroatoms. The average Bonchev–Trinajstić information content (AvgIpc) is 2.70. The van der Waals surface area contributed by atoms with Crippen molar-refractivity contribution in [1.29, 1.82) is 5.26 Å². The first-order valence-electron chi connectivity index (χ1n) is 8.97. The van der Waals surface area contributed by atoms with Crippen molar-refractivity contribution in [3.8, 4) is 17.3 Å². The van der Waals surface area contributed by atoms with Crippen LogP contribution >= 0.6 is 12.4 Å². The van der Waals surface area contributed by atoms with Crippen LogP contribution in [0.15, 0.2) is 42.5 Å². The lowest BCUT2D eigenvalue weighted by Crippen LogP contribution is -2.50. The number of anilines is 1. The van der Waals surface area contributed by atoms with Gasteiger partial charge in [0, 0.05) is 31.7 Å². The van der Waals surface area contributed by atoms with E-state index in [4.69, 9.17) is 0 Å². The van der Waals surface area contributed by atoms with Gasteiger partial charge in [0.05, 0.1) is 17.3 Å². The molecule has 0 radical (unpaired) electrons. The minimum atomic E-state index is -0.595. The number of halogens is 2. The van der Waals surface area contributed by atoms with E-state index >= 15 is 0 Å². The standard InChI is InChI=1S/C20H18FN5O2.ClH/c1-13-12-24(8-7-23-13)16-10-18-17(9-15(16)21)25(27)19(11-22)20(26(18)28)14-5-3-2-4-6-14;/h2-6,9-10,13,23H,7-8,12H2,1H3;1H. The second kappa shape index (κ2) is 8.07. The Labute approximate surface area is 173 Å². The van der Waals surface area contributed by atoms with Crippen LogP contribution < -0.4 is 19.7 Å². The highest BCUT2D eigenvalue weighted by molar-refractivity contribution is 5.85. The molecule has 1 atom stereocenters. The SMILES string of the molecule is CC1CN(c2cc3c(cc2F)[n+]([O-])c(C#N)c(-c2ccccc2)[n+]3[O-])CCN1.Cl. The van der Waals surface area contributed by atoms with Crippen molar-refractivity contribution >= 4 is 29.1 Å². The summed E-state index contributed by atoms with van der Waals surface area (Å²) < 4.78 is 15.7. The molecule has 0 amide bonds. The number of benzene rings is 2. The van der Waals surface area contributed by atoms with Crippen molar-refractivity contribution in [3.63, 3.8) is 0 Å². The summed E-state index contributed by atoms with van der Waals surface area (Å²) in [7, 11) is 0. The van der Waals surface area contributed by atoms with Gasteiger partial charge in [-0.05, 0) is 19.1 Å². The van der Waals surface area contributed by atoms with Crippen LogP contribution in [0.5, 0.6) is 0 Å². The molecule has 0 spiro atoms.